The Morgan fingerprint density at radius 2 is 1.56 bits per heavy atom. The first-order valence-corrected chi connectivity index (χ1v) is 8.84. The number of alkyl halides is 1. The Morgan fingerprint density at radius 1 is 1.00 bits per heavy atom. The molecule has 140 valence electrons. The molecule has 1 aliphatic heterocycles. The summed E-state index contributed by atoms with van der Waals surface area (Å²) in [5.41, 5.74) is 1.20. The number of hydrogen-bond acceptors (Lipinski definition) is 4. The fourth-order valence-corrected chi connectivity index (χ4v) is 3.03. The van der Waals surface area contributed by atoms with Crippen LogP contribution < -0.4 is 0 Å². The van der Waals surface area contributed by atoms with Crippen molar-refractivity contribution in [1.82, 2.24) is 4.90 Å². The largest absolute Gasteiger partial charge is 0.459 e. The molecule has 2 amide bonds. The molecule has 0 N–H and O–H groups in total. The number of nitrogens with zero attached hydrogens (tertiary/aromatic N) is 1. The lowest BCUT2D eigenvalue weighted by atomic mass is 10.1. The second-order valence-electron chi connectivity index (χ2n) is 6.38. The number of hydrogen-bond donors (Lipinski definition) is 0. The first-order valence-electron chi connectivity index (χ1n) is 8.84. The highest BCUT2D eigenvalue weighted by molar-refractivity contribution is 6.22. The van der Waals surface area contributed by atoms with Gasteiger partial charge < -0.3 is 4.74 Å². The summed E-state index contributed by atoms with van der Waals surface area (Å²) in [5, 5.41) is 0. The van der Waals surface area contributed by atoms with Crippen molar-refractivity contribution in [2.75, 3.05) is 0 Å². The van der Waals surface area contributed by atoms with Crippen LogP contribution in [0.5, 0.6) is 0 Å². The molecule has 5 nitrogen and oxygen atoms in total. The van der Waals surface area contributed by atoms with Crippen LogP contribution in [0.1, 0.15) is 46.0 Å². The van der Waals surface area contributed by atoms with Gasteiger partial charge in [-0.2, -0.15) is 0 Å². The number of carbonyl (C=O) groups excluding carboxylic acids is 3. The van der Waals surface area contributed by atoms with E-state index in [2.05, 4.69) is 0 Å². The van der Waals surface area contributed by atoms with Gasteiger partial charge in [0.15, 0.2) is 0 Å². The number of esters is 1. The third kappa shape index (κ3) is 3.89. The quantitative estimate of drug-likeness (QED) is 0.553. The van der Waals surface area contributed by atoms with Gasteiger partial charge in [-0.05, 0) is 24.1 Å². The highest BCUT2D eigenvalue weighted by Crippen LogP contribution is 2.27. The summed E-state index contributed by atoms with van der Waals surface area (Å²) in [5.74, 6) is -1.98. The number of amides is 2. The maximum absolute atomic E-state index is 14.1. The predicted octanol–water partition coefficient (Wildman–Crippen LogP) is 3.53. The molecule has 27 heavy (non-hydrogen) atoms. The lowest BCUT2D eigenvalue weighted by Gasteiger charge is -2.25. The molecular weight excluding hydrogens is 349 g/mol. The third-order valence-electron chi connectivity index (χ3n) is 4.56. The summed E-state index contributed by atoms with van der Waals surface area (Å²) in [4.78, 5) is 38.8. The predicted molar refractivity (Wildman–Crippen MR) is 96.8 cm³/mol. The first kappa shape index (κ1) is 18.8. The van der Waals surface area contributed by atoms with Crippen LogP contribution in [-0.2, 0) is 16.1 Å². The Bertz CT molecular complexity index is 817. The van der Waals surface area contributed by atoms with Crippen LogP contribution in [0.2, 0.25) is 0 Å². The molecule has 1 heterocycles. The van der Waals surface area contributed by atoms with Gasteiger partial charge in [0.05, 0.1) is 11.1 Å². The summed E-state index contributed by atoms with van der Waals surface area (Å²) in [6.45, 7) is 1.63. The van der Waals surface area contributed by atoms with Crippen LogP contribution in [0, 0.1) is 0 Å². The summed E-state index contributed by atoms with van der Waals surface area (Å²) < 4.78 is 19.4. The zero-order valence-electron chi connectivity index (χ0n) is 14.9. The molecule has 0 aromatic heterocycles. The van der Waals surface area contributed by atoms with E-state index in [1.54, 1.807) is 43.3 Å². The second kappa shape index (κ2) is 8.12. The normalized spacial score (nSPS) is 15.4. The molecule has 0 spiro atoms. The van der Waals surface area contributed by atoms with Crippen LogP contribution in [0.3, 0.4) is 0 Å². The molecule has 2 atom stereocenters. The molecule has 6 heteroatoms. The maximum atomic E-state index is 14.1. The maximum Gasteiger partial charge on any atom is 0.329 e. The minimum absolute atomic E-state index is 0.0115. The fraction of sp³-hybridized carbons (Fsp3) is 0.286. The van der Waals surface area contributed by atoms with E-state index < -0.39 is 30.0 Å². The first-order chi connectivity index (χ1) is 13.0. The Kier molecular flexibility index (Phi) is 5.64. The molecule has 3 rings (SSSR count). The van der Waals surface area contributed by atoms with Gasteiger partial charge in [-0.1, -0.05) is 49.4 Å². The number of fused-ring (bicyclic) bond motifs is 1. The van der Waals surface area contributed by atoms with Crippen molar-refractivity contribution in [3.05, 3.63) is 71.3 Å². The number of carbonyl (C=O) groups is 3. The Labute approximate surface area is 156 Å². The zero-order valence-corrected chi connectivity index (χ0v) is 14.9. The minimum Gasteiger partial charge on any atom is -0.459 e. The molecule has 0 saturated heterocycles. The molecule has 2 aromatic rings. The van der Waals surface area contributed by atoms with Gasteiger partial charge in [-0.3, -0.25) is 14.5 Å². The molecule has 0 fully saturated rings. The van der Waals surface area contributed by atoms with Crippen molar-refractivity contribution in [2.45, 2.75) is 38.6 Å². The minimum atomic E-state index is -1.33. The SMILES string of the molecule is CCC(F)C[C@@H](C(=O)OCc1ccccc1)N1C(=O)c2ccccc2C1=O. The van der Waals surface area contributed by atoms with Gasteiger partial charge in [0.25, 0.3) is 11.8 Å². The van der Waals surface area contributed by atoms with Gasteiger partial charge >= 0.3 is 5.97 Å². The van der Waals surface area contributed by atoms with E-state index in [-0.39, 0.29) is 30.6 Å². The number of halogens is 1. The van der Waals surface area contributed by atoms with E-state index in [9.17, 15) is 18.8 Å². The van der Waals surface area contributed by atoms with Gasteiger partial charge in [0.2, 0.25) is 0 Å². The standard InChI is InChI=1S/C21H20FNO4/c1-2-15(22)12-18(21(26)27-13-14-8-4-3-5-9-14)23-19(24)16-10-6-7-11-17(16)20(23)25/h3-11,15,18H,2,12-13H2,1H3/t15?,18-/m0/s1. The van der Waals surface area contributed by atoms with E-state index in [1.165, 1.54) is 12.1 Å². The third-order valence-corrected chi connectivity index (χ3v) is 4.56. The number of ether oxygens (including phenoxy) is 1. The van der Waals surface area contributed by atoms with Crippen molar-refractivity contribution in [3.63, 3.8) is 0 Å². The lowest BCUT2D eigenvalue weighted by molar-refractivity contribution is -0.150. The average molecular weight is 369 g/mol. The highest BCUT2D eigenvalue weighted by atomic mass is 19.1. The van der Waals surface area contributed by atoms with Crippen molar-refractivity contribution in [2.24, 2.45) is 0 Å². The van der Waals surface area contributed by atoms with Gasteiger partial charge in [0, 0.05) is 6.42 Å². The smallest absolute Gasteiger partial charge is 0.329 e. The van der Waals surface area contributed by atoms with E-state index in [0.717, 1.165) is 10.5 Å². The molecule has 0 aliphatic carbocycles. The molecule has 0 saturated carbocycles. The molecule has 0 radical (unpaired) electrons. The number of imide groups is 1. The summed E-state index contributed by atoms with van der Waals surface area (Å²) in [6.07, 6.45) is -1.44. The van der Waals surface area contributed by atoms with Crippen LogP contribution in [-0.4, -0.2) is 34.9 Å². The van der Waals surface area contributed by atoms with E-state index in [4.69, 9.17) is 4.74 Å². The molecule has 1 aliphatic rings. The Hall–Kier alpha value is -3.02. The highest BCUT2D eigenvalue weighted by Gasteiger charge is 2.44. The second-order valence-corrected chi connectivity index (χ2v) is 6.38. The molecule has 0 bridgehead atoms. The van der Waals surface area contributed by atoms with Crippen LogP contribution in [0.15, 0.2) is 54.6 Å². The van der Waals surface area contributed by atoms with Crippen LogP contribution >= 0.6 is 0 Å². The van der Waals surface area contributed by atoms with Crippen molar-refractivity contribution in [1.29, 1.82) is 0 Å². The topological polar surface area (TPSA) is 63.7 Å². The fourth-order valence-electron chi connectivity index (χ4n) is 3.03. The van der Waals surface area contributed by atoms with Crippen molar-refractivity contribution < 1.29 is 23.5 Å². The Morgan fingerprint density at radius 3 is 2.11 bits per heavy atom. The Balaban J connectivity index is 1.82. The van der Waals surface area contributed by atoms with E-state index in [1.807, 2.05) is 6.07 Å². The lowest BCUT2D eigenvalue weighted by Crippen LogP contribution is -2.47. The molecular formula is C21H20FNO4. The summed E-state index contributed by atoms with van der Waals surface area (Å²) in [7, 11) is 0. The average Bonchev–Trinajstić information content (AvgIpc) is 2.95. The van der Waals surface area contributed by atoms with Gasteiger partial charge in [0.1, 0.15) is 18.8 Å². The zero-order chi connectivity index (χ0) is 19.4. The van der Waals surface area contributed by atoms with Crippen LogP contribution in [0.4, 0.5) is 4.39 Å². The molecule has 1 unspecified atom stereocenters. The summed E-state index contributed by atoms with van der Waals surface area (Å²) in [6, 6.07) is 14.0. The monoisotopic (exact) mass is 369 g/mol. The number of rotatable bonds is 7. The van der Waals surface area contributed by atoms with E-state index >= 15 is 0 Å². The van der Waals surface area contributed by atoms with Crippen molar-refractivity contribution in [3.8, 4) is 0 Å². The van der Waals surface area contributed by atoms with E-state index in [0.29, 0.717) is 0 Å². The van der Waals surface area contributed by atoms with Crippen molar-refractivity contribution >= 4 is 17.8 Å². The van der Waals surface area contributed by atoms with Gasteiger partial charge in [-0.25, -0.2) is 9.18 Å². The van der Waals surface area contributed by atoms with Gasteiger partial charge in [-0.15, -0.1) is 0 Å². The van der Waals surface area contributed by atoms with Crippen LogP contribution in [0.25, 0.3) is 0 Å². The molecule has 2 aromatic carbocycles. The summed E-state index contributed by atoms with van der Waals surface area (Å²) >= 11 is 0. The number of benzene rings is 2.